The van der Waals surface area contributed by atoms with Gasteiger partial charge in [-0.2, -0.15) is 15.3 Å². The molecule has 2 unspecified atom stereocenters. The minimum absolute atomic E-state index is 0.422. The van der Waals surface area contributed by atoms with Crippen LogP contribution in [0.25, 0.3) is 10.9 Å². The van der Waals surface area contributed by atoms with E-state index in [4.69, 9.17) is 4.98 Å². The first kappa shape index (κ1) is 16.0. The summed E-state index contributed by atoms with van der Waals surface area (Å²) in [5.74, 6) is 1.27. The SMILES string of the molecule is Cc1nc(N2C3CCC2CNC3)nc(Nc2ccc3[nH]ncc3c2)c1C#N. The minimum atomic E-state index is 0.422. The average Bonchev–Trinajstić information content (AvgIpc) is 3.22. The predicted octanol–water partition coefficient (Wildman–Crippen LogP) is 2.22. The fourth-order valence-electron chi connectivity index (χ4n) is 4.16. The summed E-state index contributed by atoms with van der Waals surface area (Å²) in [6.45, 7) is 3.79. The molecule has 2 bridgehead atoms. The first-order valence-corrected chi connectivity index (χ1v) is 9.21. The van der Waals surface area contributed by atoms with Crippen molar-refractivity contribution in [2.24, 2.45) is 0 Å². The number of piperazine rings is 1. The van der Waals surface area contributed by atoms with E-state index in [0.717, 1.165) is 42.5 Å². The van der Waals surface area contributed by atoms with Gasteiger partial charge in [0.05, 0.1) is 17.4 Å². The molecular weight excluding hydrogens is 340 g/mol. The number of nitrogens with one attached hydrogen (secondary N) is 3. The molecule has 0 amide bonds. The van der Waals surface area contributed by atoms with Gasteiger partial charge in [-0.1, -0.05) is 0 Å². The molecule has 4 heterocycles. The predicted molar refractivity (Wildman–Crippen MR) is 103 cm³/mol. The molecule has 0 aliphatic carbocycles. The van der Waals surface area contributed by atoms with Crippen molar-refractivity contribution in [3.05, 3.63) is 35.7 Å². The molecule has 8 nitrogen and oxygen atoms in total. The van der Waals surface area contributed by atoms with Gasteiger partial charge < -0.3 is 15.5 Å². The summed E-state index contributed by atoms with van der Waals surface area (Å²) in [6, 6.07) is 9.00. The fourth-order valence-corrected chi connectivity index (χ4v) is 4.16. The molecule has 2 fully saturated rings. The van der Waals surface area contributed by atoms with Gasteiger partial charge >= 0.3 is 0 Å². The Hall–Kier alpha value is -3.18. The van der Waals surface area contributed by atoms with E-state index in [0.29, 0.717) is 35.1 Å². The monoisotopic (exact) mass is 360 g/mol. The van der Waals surface area contributed by atoms with Crippen LogP contribution in [0.1, 0.15) is 24.1 Å². The van der Waals surface area contributed by atoms with Gasteiger partial charge in [0.2, 0.25) is 5.95 Å². The zero-order chi connectivity index (χ0) is 18.4. The van der Waals surface area contributed by atoms with Gasteiger partial charge in [-0.05, 0) is 38.0 Å². The van der Waals surface area contributed by atoms with Crippen molar-refractivity contribution in [3.8, 4) is 6.07 Å². The highest BCUT2D eigenvalue weighted by atomic mass is 15.4. The van der Waals surface area contributed by atoms with Crippen molar-refractivity contribution in [2.45, 2.75) is 31.8 Å². The fraction of sp³-hybridized carbons (Fsp3) is 0.368. The van der Waals surface area contributed by atoms with Gasteiger partial charge in [-0.15, -0.1) is 0 Å². The molecule has 3 aromatic rings. The van der Waals surface area contributed by atoms with E-state index >= 15 is 0 Å². The summed E-state index contributed by atoms with van der Waals surface area (Å²) in [5, 5.41) is 24.4. The summed E-state index contributed by atoms with van der Waals surface area (Å²) in [5.41, 5.74) is 3.02. The Labute approximate surface area is 156 Å². The number of rotatable bonds is 3. The third-order valence-electron chi connectivity index (χ3n) is 5.50. The molecule has 0 spiro atoms. The van der Waals surface area contributed by atoms with Crippen molar-refractivity contribution in [1.82, 2.24) is 25.5 Å². The third-order valence-corrected chi connectivity index (χ3v) is 5.50. The van der Waals surface area contributed by atoms with E-state index in [9.17, 15) is 5.26 Å². The van der Waals surface area contributed by atoms with E-state index in [-0.39, 0.29) is 0 Å². The summed E-state index contributed by atoms with van der Waals surface area (Å²) < 4.78 is 0. The Balaban J connectivity index is 1.54. The lowest BCUT2D eigenvalue weighted by atomic mass is 10.2. The molecular formula is C19H20N8. The minimum Gasteiger partial charge on any atom is -0.339 e. The normalized spacial score (nSPS) is 21.4. The lowest BCUT2D eigenvalue weighted by Crippen LogP contribution is -2.52. The van der Waals surface area contributed by atoms with Gasteiger partial charge in [-0.3, -0.25) is 5.10 Å². The molecule has 2 aliphatic heterocycles. The second kappa shape index (κ2) is 6.21. The molecule has 3 N–H and O–H groups in total. The first-order valence-electron chi connectivity index (χ1n) is 9.21. The van der Waals surface area contributed by atoms with Gasteiger partial charge in [0, 0.05) is 36.2 Å². The van der Waals surface area contributed by atoms with Crippen LogP contribution < -0.4 is 15.5 Å². The number of aromatic amines is 1. The van der Waals surface area contributed by atoms with Crippen LogP contribution in [0.15, 0.2) is 24.4 Å². The topological polar surface area (TPSA) is 106 Å². The van der Waals surface area contributed by atoms with Crippen LogP contribution in [0.4, 0.5) is 17.5 Å². The molecule has 8 heteroatoms. The number of fused-ring (bicyclic) bond motifs is 3. The molecule has 2 aliphatic rings. The number of nitrogens with zero attached hydrogens (tertiary/aromatic N) is 5. The molecule has 5 rings (SSSR count). The van der Waals surface area contributed by atoms with Gasteiger partial charge in [-0.25, -0.2) is 4.98 Å². The van der Waals surface area contributed by atoms with Gasteiger partial charge in [0.1, 0.15) is 11.6 Å². The number of hydrogen-bond acceptors (Lipinski definition) is 7. The van der Waals surface area contributed by atoms with Crippen LogP contribution in [0, 0.1) is 18.3 Å². The van der Waals surface area contributed by atoms with Crippen molar-refractivity contribution in [3.63, 3.8) is 0 Å². The number of nitriles is 1. The summed E-state index contributed by atoms with van der Waals surface area (Å²) >= 11 is 0. The van der Waals surface area contributed by atoms with Crippen LogP contribution in [0.2, 0.25) is 0 Å². The summed E-state index contributed by atoms with van der Waals surface area (Å²) in [6.07, 6.45) is 4.08. The van der Waals surface area contributed by atoms with Gasteiger partial charge in [0.25, 0.3) is 0 Å². The number of hydrogen-bond donors (Lipinski definition) is 3. The summed E-state index contributed by atoms with van der Waals surface area (Å²) in [7, 11) is 0. The lowest BCUT2D eigenvalue weighted by Gasteiger charge is -2.35. The van der Waals surface area contributed by atoms with E-state index in [2.05, 4.69) is 36.8 Å². The molecule has 1 aromatic carbocycles. The first-order chi connectivity index (χ1) is 13.2. The maximum Gasteiger partial charge on any atom is 0.228 e. The maximum atomic E-state index is 9.62. The third kappa shape index (κ3) is 2.67. The van der Waals surface area contributed by atoms with Crippen LogP contribution in [-0.4, -0.2) is 45.3 Å². The van der Waals surface area contributed by atoms with Crippen molar-refractivity contribution in [2.75, 3.05) is 23.3 Å². The van der Waals surface area contributed by atoms with Gasteiger partial charge in [0.15, 0.2) is 5.82 Å². The Morgan fingerprint density at radius 1 is 1.22 bits per heavy atom. The number of anilines is 3. The van der Waals surface area contributed by atoms with E-state index < -0.39 is 0 Å². The van der Waals surface area contributed by atoms with Crippen LogP contribution in [0.5, 0.6) is 0 Å². The smallest absolute Gasteiger partial charge is 0.228 e. The Kier molecular flexibility index (Phi) is 3.69. The average molecular weight is 360 g/mol. The highest BCUT2D eigenvalue weighted by Crippen LogP contribution is 2.32. The number of H-pyrrole nitrogens is 1. The number of benzene rings is 1. The Bertz CT molecular complexity index is 1030. The maximum absolute atomic E-state index is 9.62. The highest BCUT2D eigenvalue weighted by Gasteiger charge is 2.38. The standard InChI is InChI=1S/C19H20N8/c1-11-16(7-20)18(24-13-2-5-17-12(6-13)8-22-26-17)25-19(23-11)27-14-3-4-15(27)10-21-9-14/h2,5-6,8,14-15,21H,3-4,9-10H2,1H3,(H,22,26)(H,23,24,25). The molecule has 2 atom stereocenters. The molecule has 0 radical (unpaired) electrons. The van der Waals surface area contributed by atoms with E-state index in [1.807, 2.05) is 25.1 Å². The zero-order valence-electron chi connectivity index (χ0n) is 15.0. The van der Waals surface area contributed by atoms with Crippen LogP contribution in [-0.2, 0) is 0 Å². The Morgan fingerprint density at radius 3 is 2.81 bits per heavy atom. The number of aromatic nitrogens is 4. The summed E-state index contributed by atoms with van der Waals surface area (Å²) in [4.78, 5) is 11.8. The largest absolute Gasteiger partial charge is 0.339 e. The number of aryl methyl sites for hydroxylation is 1. The van der Waals surface area contributed by atoms with Crippen molar-refractivity contribution < 1.29 is 0 Å². The molecule has 136 valence electrons. The van der Waals surface area contributed by atoms with E-state index in [1.165, 1.54) is 0 Å². The highest BCUT2D eigenvalue weighted by molar-refractivity contribution is 5.83. The Morgan fingerprint density at radius 2 is 2.04 bits per heavy atom. The lowest BCUT2D eigenvalue weighted by molar-refractivity contribution is 0.477. The quantitative estimate of drug-likeness (QED) is 0.657. The van der Waals surface area contributed by atoms with Crippen LogP contribution in [0.3, 0.4) is 0 Å². The molecule has 2 saturated heterocycles. The van der Waals surface area contributed by atoms with E-state index in [1.54, 1.807) is 6.20 Å². The second-order valence-corrected chi connectivity index (χ2v) is 7.19. The van der Waals surface area contributed by atoms with Crippen LogP contribution >= 0.6 is 0 Å². The molecule has 0 saturated carbocycles. The molecule has 2 aromatic heterocycles. The molecule has 27 heavy (non-hydrogen) atoms. The second-order valence-electron chi connectivity index (χ2n) is 7.19. The van der Waals surface area contributed by atoms with Crippen molar-refractivity contribution >= 4 is 28.4 Å². The zero-order valence-corrected chi connectivity index (χ0v) is 15.0. The van der Waals surface area contributed by atoms with Crippen molar-refractivity contribution in [1.29, 1.82) is 5.26 Å².